The highest BCUT2D eigenvalue weighted by molar-refractivity contribution is 7.80. The highest BCUT2D eigenvalue weighted by atomic mass is 32.1. The van der Waals surface area contributed by atoms with Crippen molar-refractivity contribution < 1.29 is 9.53 Å². The third kappa shape index (κ3) is 6.00. The van der Waals surface area contributed by atoms with Gasteiger partial charge in [0.25, 0.3) is 5.91 Å². The number of benzene rings is 1. The monoisotopic (exact) mass is 348 g/mol. The molecule has 0 radical (unpaired) electrons. The second kappa shape index (κ2) is 9.27. The normalized spacial score (nSPS) is 10.1. The van der Waals surface area contributed by atoms with Crippen molar-refractivity contribution in [3.63, 3.8) is 0 Å². The van der Waals surface area contributed by atoms with Gasteiger partial charge in [0.1, 0.15) is 5.75 Å². The van der Waals surface area contributed by atoms with Crippen LogP contribution in [0.4, 0.5) is 0 Å². The molecule has 1 heterocycles. The van der Waals surface area contributed by atoms with Crippen molar-refractivity contribution in [2.75, 3.05) is 6.61 Å². The lowest BCUT2D eigenvalue weighted by molar-refractivity contribution is 0.0976. The van der Waals surface area contributed by atoms with E-state index in [1.54, 1.807) is 35.6 Å². The third-order valence-electron chi connectivity index (χ3n) is 3.11. The molecule has 0 aliphatic carbocycles. The number of ether oxygens (including phenoxy) is 1. The van der Waals surface area contributed by atoms with Crippen LogP contribution < -0.4 is 15.4 Å². The summed E-state index contributed by atoms with van der Waals surface area (Å²) in [5.41, 5.74) is 0.549. The predicted molar refractivity (Wildman–Crippen MR) is 98.1 cm³/mol. The molecule has 2 N–H and O–H groups in total. The van der Waals surface area contributed by atoms with E-state index in [0.717, 1.165) is 23.5 Å². The fraction of sp³-hybridized carbons (Fsp3) is 0.294. The maximum Gasteiger partial charge on any atom is 0.257 e. The van der Waals surface area contributed by atoms with Gasteiger partial charge in [-0.2, -0.15) is 0 Å². The van der Waals surface area contributed by atoms with E-state index < -0.39 is 0 Å². The standard InChI is InChI=1S/C17H20N2O2S2/c1-2-3-10-21-14-8-6-13(7-9-14)16(20)19-17(22)18-12-15-5-4-11-23-15/h4-9,11H,2-3,10,12H2,1H3,(H2,18,19,20,22). The van der Waals surface area contributed by atoms with Crippen molar-refractivity contribution in [3.05, 3.63) is 52.2 Å². The van der Waals surface area contributed by atoms with Crippen molar-refractivity contribution in [1.82, 2.24) is 10.6 Å². The summed E-state index contributed by atoms with van der Waals surface area (Å²) >= 11 is 6.78. The molecular formula is C17H20N2O2S2. The number of carbonyl (C=O) groups is 1. The van der Waals surface area contributed by atoms with Crippen LogP contribution >= 0.6 is 23.6 Å². The average molecular weight is 348 g/mol. The van der Waals surface area contributed by atoms with Crippen LogP contribution in [0.2, 0.25) is 0 Å². The Hall–Kier alpha value is -1.92. The van der Waals surface area contributed by atoms with E-state index in [4.69, 9.17) is 17.0 Å². The van der Waals surface area contributed by atoms with Crippen LogP contribution in [0.5, 0.6) is 5.75 Å². The lowest BCUT2D eigenvalue weighted by Crippen LogP contribution is -2.38. The molecular weight excluding hydrogens is 328 g/mol. The number of carbonyl (C=O) groups excluding carboxylic acids is 1. The highest BCUT2D eigenvalue weighted by Crippen LogP contribution is 2.12. The van der Waals surface area contributed by atoms with Gasteiger partial charge in [0.05, 0.1) is 13.2 Å². The Morgan fingerprint density at radius 3 is 2.70 bits per heavy atom. The summed E-state index contributed by atoms with van der Waals surface area (Å²) in [4.78, 5) is 13.3. The average Bonchev–Trinajstić information content (AvgIpc) is 3.07. The molecule has 0 saturated carbocycles. The van der Waals surface area contributed by atoms with E-state index in [9.17, 15) is 4.79 Å². The van der Waals surface area contributed by atoms with Gasteiger partial charge in [-0.25, -0.2) is 0 Å². The smallest absolute Gasteiger partial charge is 0.257 e. The second-order valence-corrected chi connectivity index (χ2v) is 6.38. The quantitative estimate of drug-likeness (QED) is 0.591. The van der Waals surface area contributed by atoms with Crippen LogP contribution in [0.1, 0.15) is 35.0 Å². The molecule has 23 heavy (non-hydrogen) atoms. The van der Waals surface area contributed by atoms with E-state index in [1.807, 2.05) is 17.5 Å². The summed E-state index contributed by atoms with van der Waals surface area (Å²) in [7, 11) is 0. The van der Waals surface area contributed by atoms with Crippen LogP contribution in [0.25, 0.3) is 0 Å². The molecule has 6 heteroatoms. The van der Waals surface area contributed by atoms with Gasteiger partial charge >= 0.3 is 0 Å². The summed E-state index contributed by atoms with van der Waals surface area (Å²) in [5, 5.41) is 8.02. The van der Waals surface area contributed by atoms with Crippen LogP contribution in [0.15, 0.2) is 41.8 Å². The van der Waals surface area contributed by atoms with Crippen molar-refractivity contribution in [3.8, 4) is 5.75 Å². The van der Waals surface area contributed by atoms with Crippen LogP contribution in [0.3, 0.4) is 0 Å². The van der Waals surface area contributed by atoms with Gasteiger partial charge in [0, 0.05) is 10.4 Å². The first-order valence-corrected chi connectivity index (χ1v) is 8.82. The van der Waals surface area contributed by atoms with Gasteiger partial charge in [-0.05, 0) is 54.4 Å². The first kappa shape index (κ1) is 17.4. The Morgan fingerprint density at radius 2 is 2.04 bits per heavy atom. The topological polar surface area (TPSA) is 50.4 Å². The first-order valence-electron chi connectivity index (χ1n) is 7.53. The number of unbranched alkanes of at least 4 members (excludes halogenated alkanes) is 1. The summed E-state index contributed by atoms with van der Waals surface area (Å²) in [6.45, 7) is 3.42. The van der Waals surface area contributed by atoms with Crippen molar-refractivity contribution >= 4 is 34.6 Å². The number of nitrogens with one attached hydrogen (secondary N) is 2. The molecule has 0 aliphatic rings. The number of hydrogen-bond donors (Lipinski definition) is 2. The minimum atomic E-state index is -0.228. The van der Waals surface area contributed by atoms with Crippen molar-refractivity contribution in [2.45, 2.75) is 26.3 Å². The molecule has 1 aromatic heterocycles. The third-order valence-corrected chi connectivity index (χ3v) is 4.24. The van der Waals surface area contributed by atoms with Crippen LogP contribution in [-0.2, 0) is 6.54 Å². The lowest BCUT2D eigenvalue weighted by Gasteiger charge is -2.09. The van der Waals surface area contributed by atoms with Crippen LogP contribution in [0, 0.1) is 0 Å². The van der Waals surface area contributed by atoms with E-state index in [1.165, 1.54) is 0 Å². The highest BCUT2D eigenvalue weighted by Gasteiger charge is 2.08. The molecule has 0 unspecified atom stereocenters. The lowest BCUT2D eigenvalue weighted by atomic mass is 10.2. The Labute approximate surface area is 145 Å². The SMILES string of the molecule is CCCCOc1ccc(C(=O)NC(=S)NCc2cccs2)cc1. The zero-order valence-electron chi connectivity index (χ0n) is 13.0. The molecule has 0 saturated heterocycles. The summed E-state index contributed by atoms with van der Waals surface area (Å²) in [5.74, 6) is 0.544. The van der Waals surface area contributed by atoms with Gasteiger partial charge in [0.2, 0.25) is 0 Å². The Kier molecular flexibility index (Phi) is 7.03. The molecule has 0 fully saturated rings. The summed E-state index contributed by atoms with van der Waals surface area (Å²) in [6.07, 6.45) is 2.11. The number of rotatable bonds is 7. The molecule has 0 bridgehead atoms. The fourth-order valence-corrected chi connectivity index (χ4v) is 2.65. The summed E-state index contributed by atoms with van der Waals surface area (Å²) in [6, 6.07) is 11.1. The first-order chi connectivity index (χ1) is 11.2. The van der Waals surface area contributed by atoms with Gasteiger partial charge in [-0.15, -0.1) is 11.3 Å². The molecule has 0 spiro atoms. The number of thiocarbonyl (C=S) groups is 1. The minimum Gasteiger partial charge on any atom is -0.494 e. The van der Waals surface area contributed by atoms with E-state index in [0.29, 0.717) is 23.8 Å². The molecule has 2 aromatic rings. The molecule has 0 atom stereocenters. The zero-order chi connectivity index (χ0) is 16.5. The van der Waals surface area contributed by atoms with Crippen molar-refractivity contribution in [2.24, 2.45) is 0 Å². The number of amides is 1. The largest absolute Gasteiger partial charge is 0.494 e. The molecule has 1 amide bonds. The Balaban J connectivity index is 1.79. The number of thiophene rings is 1. The van der Waals surface area contributed by atoms with E-state index in [-0.39, 0.29) is 5.91 Å². The van der Waals surface area contributed by atoms with Gasteiger partial charge in [-0.3, -0.25) is 10.1 Å². The zero-order valence-corrected chi connectivity index (χ0v) is 14.6. The maximum absolute atomic E-state index is 12.1. The molecule has 122 valence electrons. The minimum absolute atomic E-state index is 0.228. The van der Waals surface area contributed by atoms with Gasteiger partial charge < -0.3 is 10.1 Å². The van der Waals surface area contributed by atoms with E-state index in [2.05, 4.69) is 17.6 Å². The molecule has 2 rings (SSSR count). The second-order valence-electron chi connectivity index (χ2n) is 4.94. The van der Waals surface area contributed by atoms with Gasteiger partial charge in [0.15, 0.2) is 5.11 Å². The Morgan fingerprint density at radius 1 is 1.26 bits per heavy atom. The molecule has 0 aliphatic heterocycles. The number of hydrogen-bond acceptors (Lipinski definition) is 4. The van der Waals surface area contributed by atoms with Crippen molar-refractivity contribution in [1.29, 1.82) is 0 Å². The van der Waals surface area contributed by atoms with E-state index >= 15 is 0 Å². The molecule has 4 nitrogen and oxygen atoms in total. The Bertz CT molecular complexity index is 625. The molecule has 1 aromatic carbocycles. The fourth-order valence-electron chi connectivity index (χ4n) is 1.84. The van der Waals surface area contributed by atoms with Crippen LogP contribution in [-0.4, -0.2) is 17.6 Å². The predicted octanol–water partition coefficient (Wildman–Crippen LogP) is 3.73. The maximum atomic E-state index is 12.1. The van der Waals surface area contributed by atoms with Gasteiger partial charge in [-0.1, -0.05) is 19.4 Å². The summed E-state index contributed by atoms with van der Waals surface area (Å²) < 4.78 is 5.57.